The molecule has 0 rings (SSSR count). The van der Waals surface area contributed by atoms with Crippen molar-refractivity contribution in [2.75, 3.05) is 0 Å². The second-order valence-electron chi connectivity index (χ2n) is 1.27. The quantitative estimate of drug-likeness (QED) is 0.191. The first-order valence-corrected chi connectivity index (χ1v) is 8.14. The Morgan fingerprint density at radius 3 is 1.07 bits per heavy atom. The fraction of sp³-hybridized carbons (Fsp3) is 0. The summed E-state index contributed by atoms with van der Waals surface area (Å²) in [5.41, 5.74) is 0. The number of rotatable bonds is 2. The monoisotopic (exact) mass is 330 g/mol. The van der Waals surface area contributed by atoms with Crippen LogP contribution in [-0.2, 0) is 38.5 Å². The molecule has 0 fully saturated rings. The zero-order chi connectivity index (χ0) is 12.2. The van der Waals surface area contributed by atoms with E-state index in [2.05, 4.69) is 0 Å². The Hall–Kier alpha value is 1.68. The predicted octanol–water partition coefficient (Wildman–Crippen LogP) is -5.32. The molecule has 15 heteroatoms. The number of hydrogen-bond donors (Lipinski definition) is 3. The standard InChI is InChI=1S/K.2H2O5S2/c;2*1-6(2)7(3,4)5/h;2*(H,1,2)(H,3,4,5)/q+1;;/p-1. The second-order valence-corrected chi connectivity index (χ2v) is 8.01. The average molecular weight is 330 g/mol. The second kappa shape index (κ2) is 8.72. The fourth-order valence-corrected chi connectivity index (χ4v) is 0. The molecule has 0 aliphatic heterocycles. The Morgan fingerprint density at radius 1 is 0.933 bits per heavy atom. The van der Waals surface area contributed by atoms with Crippen LogP contribution in [0.5, 0.6) is 0 Å². The Morgan fingerprint density at radius 2 is 1.07 bits per heavy atom. The Balaban J connectivity index is -0.000000180. The molecule has 2 atom stereocenters. The molecule has 0 aromatic rings. The summed E-state index contributed by atoms with van der Waals surface area (Å²) < 4.78 is 87.4. The predicted molar refractivity (Wildman–Crippen MR) is 42.8 cm³/mol. The minimum atomic E-state index is -4.96. The van der Waals surface area contributed by atoms with Crippen molar-refractivity contribution in [2.24, 2.45) is 0 Å². The van der Waals surface area contributed by atoms with Crippen molar-refractivity contribution >= 4 is 38.5 Å². The van der Waals surface area contributed by atoms with Gasteiger partial charge in [0, 0.05) is 0 Å². The molecule has 88 valence electrons. The Labute approximate surface area is 131 Å². The third kappa shape index (κ3) is 15.7. The minimum absolute atomic E-state index is 0. The van der Waals surface area contributed by atoms with Crippen molar-refractivity contribution in [2.45, 2.75) is 0 Å². The van der Waals surface area contributed by atoms with E-state index in [1.165, 1.54) is 0 Å². The zero-order valence-electron chi connectivity index (χ0n) is 6.83. The molecule has 0 aromatic heterocycles. The molecule has 0 amide bonds. The van der Waals surface area contributed by atoms with Crippen LogP contribution in [0.1, 0.15) is 0 Å². The molecular weight excluding hydrogens is 327 g/mol. The smallest absolute Gasteiger partial charge is 0.736 e. The van der Waals surface area contributed by atoms with Gasteiger partial charge in [-0.05, 0) is 0 Å². The molecular formula is H3KO10S4. The number of hydrogen-bond acceptors (Lipinski definition) is 7. The third-order valence-corrected chi connectivity index (χ3v) is 3.19. The molecule has 10 nitrogen and oxygen atoms in total. The summed E-state index contributed by atoms with van der Waals surface area (Å²) in [4.78, 5) is 0. The molecule has 0 radical (unpaired) electrons. The summed E-state index contributed by atoms with van der Waals surface area (Å²) in [6, 6.07) is 0. The maximum atomic E-state index is 9.34. The van der Waals surface area contributed by atoms with Gasteiger partial charge >= 0.3 is 70.6 Å². The van der Waals surface area contributed by atoms with Gasteiger partial charge in [-0.3, -0.25) is 13.7 Å². The Kier molecular flexibility index (Phi) is 12.7. The van der Waals surface area contributed by atoms with Gasteiger partial charge in [0.25, 0.3) is 10.1 Å². The van der Waals surface area contributed by atoms with Crippen molar-refractivity contribution in [3.63, 3.8) is 0 Å². The third-order valence-electron chi connectivity index (χ3n) is 0.355. The molecule has 0 bridgehead atoms. The summed E-state index contributed by atoms with van der Waals surface area (Å²) in [7, 11) is -16.1. The Bertz CT molecular complexity index is 368. The molecule has 0 aliphatic rings. The minimum Gasteiger partial charge on any atom is -0.736 e. The van der Waals surface area contributed by atoms with Gasteiger partial charge in [-0.1, -0.05) is 0 Å². The average Bonchev–Trinajstić information content (AvgIpc) is 1.83. The van der Waals surface area contributed by atoms with Crippen LogP contribution in [-0.4, -0.2) is 43.5 Å². The van der Waals surface area contributed by atoms with E-state index in [9.17, 15) is 29.8 Å². The van der Waals surface area contributed by atoms with Crippen molar-refractivity contribution < 1.29 is 94.8 Å². The summed E-state index contributed by atoms with van der Waals surface area (Å²) in [5.74, 6) is 0. The van der Waals surface area contributed by atoms with E-state index >= 15 is 0 Å². The van der Waals surface area contributed by atoms with E-state index in [-0.39, 0.29) is 51.4 Å². The van der Waals surface area contributed by atoms with E-state index in [0.29, 0.717) is 0 Å². The largest absolute Gasteiger partial charge is 1.00 e. The van der Waals surface area contributed by atoms with Crippen molar-refractivity contribution in [1.29, 1.82) is 0 Å². The van der Waals surface area contributed by atoms with Crippen LogP contribution in [0.25, 0.3) is 0 Å². The van der Waals surface area contributed by atoms with Gasteiger partial charge < -0.3 is 4.55 Å². The van der Waals surface area contributed by atoms with E-state index < -0.39 is 38.5 Å². The summed E-state index contributed by atoms with van der Waals surface area (Å²) >= 11 is 0. The van der Waals surface area contributed by atoms with Gasteiger partial charge in [0.2, 0.25) is 9.15 Å². The normalized spacial score (nSPS) is 15.2. The van der Waals surface area contributed by atoms with Gasteiger partial charge in [0.15, 0.2) is 0 Å². The first kappa shape index (κ1) is 21.9. The van der Waals surface area contributed by atoms with Gasteiger partial charge in [-0.15, -0.1) is 0 Å². The van der Waals surface area contributed by atoms with Crippen LogP contribution in [0.3, 0.4) is 0 Å². The van der Waals surface area contributed by atoms with Gasteiger partial charge in [-0.25, -0.2) is 16.8 Å². The first-order valence-electron chi connectivity index (χ1n) is 2.05. The maximum absolute atomic E-state index is 9.34. The van der Waals surface area contributed by atoms with E-state index in [4.69, 9.17) is 13.7 Å². The van der Waals surface area contributed by atoms with Gasteiger partial charge in [0.05, 0.1) is 0 Å². The van der Waals surface area contributed by atoms with Crippen molar-refractivity contribution in [3.8, 4) is 0 Å². The molecule has 15 heavy (non-hydrogen) atoms. The fourth-order valence-electron chi connectivity index (χ4n) is 0. The summed E-state index contributed by atoms with van der Waals surface area (Å²) in [5, 5.41) is 0. The maximum Gasteiger partial charge on any atom is 1.00 e. The summed E-state index contributed by atoms with van der Waals surface area (Å²) in [6.45, 7) is 0. The van der Waals surface area contributed by atoms with Crippen molar-refractivity contribution in [3.05, 3.63) is 0 Å². The van der Waals surface area contributed by atoms with Crippen LogP contribution >= 0.6 is 0 Å². The summed E-state index contributed by atoms with van der Waals surface area (Å²) in [6.07, 6.45) is 0. The molecule has 0 aliphatic carbocycles. The van der Waals surface area contributed by atoms with Crippen LogP contribution in [0, 0.1) is 0 Å². The molecule has 0 spiro atoms. The van der Waals surface area contributed by atoms with Crippen LogP contribution in [0.2, 0.25) is 0 Å². The molecule has 0 aromatic carbocycles. The van der Waals surface area contributed by atoms with Crippen LogP contribution in [0.15, 0.2) is 0 Å². The van der Waals surface area contributed by atoms with E-state index in [1.807, 2.05) is 0 Å². The molecule has 3 N–H and O–H groups in total. The van der Waals surface area contributed by atoms with E-state index in [0.717, 1.165) is 0 Å². The van der Waals surface area contributed by atoms with Crippen molar-refractivity contribution in [1.82, 2.24) is 0 Å². The molecule has 0 saturated carbocycles. The SMILES string of the molecule is O=S(O)S(=O)(=O)O.O=S(O)S(=O)(=O)[O-].[K+]. The molecule has 0 saturated heterocycles. The first-order chi connectivity index (χ1) is 5.89. The topological polar surface area (TPSA) is 186 Å². The zero-order valence-corrected chi connectivity index (χ0v) is 13.2. The van der Waals surface area contributed by atoms with Crippen LogP contribution < -0.4 is 51.4 Å². The van der Waals surface area contributed by atoms with Gasteiger partial charge in [-0.2, -0.15) is 8.42 Å². The molecule has 2 unspecified atom stereocenters. The van der Waals surface area contributed by atoms with E-state index in [1.54, 1.807) is 0 Å². The van der Waals surface area contributed by atoms with Gasteiger partial charge in [0.1, 0.15) is 0 Å². The molecule has 0 heterocycles. The van der Waals surface area contributed by atoms with Crippen LogP contribution in [0.4, 0.5) is 0 Å².